The highest BCUT2D eigenvalue weighted by atomic mass is 31.3. The van der Waals surface area contributed by atoms with Gasteiger partial charge in [0.1, 0.15) is 91.6 Å². The Morgan fingerprint density at radius 3 is 0.935 bits per heavy atom. The molecule has 2 unspecified atom stereocenters. The molecule has 4 aliphatic rings. The maximum absolute atomic E-state index is 13.3. The van der Waals surface area contributed by atoms with Crippen molar-refractivity contribution in [1.82, 2.24) is 0 Å². The standard InChI is InChI=1S/C79H132O26P2/c1-49(2)24-14-25-50(3)26-15-27-51(4)28-16-29-52(5)30-17-31-53(6)32-18-33-54(7)34-19-35-55(8)36-20-37-56(9)38-21-39-57(10)40-22-41-58(11)42-23-43-59(12)44-45-96-106(92,93)105-107(94,95)104-77-72(91)73(67(86)63(48-82)98-77)101-78-75(70(89)66(85)61(46-80)99-78)103-79-74(69(88)65(84)62(47-81)100-79)102-76-71(90)68(87)64(83)60(13)97-76/h24,26,28,30,32,34,36,38,40,42,44,60-91H,14-23,25,27,29,31,33,35,37,39,41,43,45-48H2,1-13H3,(H,92,93)(H,94,95)/b50-26+,51-28+,52-30-,53-32-,54-34-,55-36-,56-38-,57-40-,58-42-,59-44-/t60-,61+,62+,63+,64-,65+,66+,67-,68+,69-,70-,71+,72+,73-,74-,75-,76-,77+,78+,79+/m0/s1. The fraction of sp³-hybridized carbons (Fsp3) is 0.722. The van der Waals surface area contributed by atoms with Gasteiger partial charge in [-0.15, -0.1) is 0 Å². The van der Waals surface area contributed by atoms with Gasteiger partial charge in [0.15, 0.2) is 25.2 Å². The van der Waals surface area contributed by atoms with E-state index in [1.165, 1.54) is 68.7 Å². The van der Waals surface area contributed by atoms with E-state index in [9.17, 15) is 80.2 Å². The van der Waals surface area contributed by atoms with Crippen LogP contribution in [0.25, 0.3) is 0 Å². The first-order valence-corrected chi connectivity index (χ1v) is 40.9. The van der Waals surface area contributed by atoms with Crippen LogP contribution in [0.2, 0.25) is 0 Å². The Morgan fingerprint density at radius 1 is 0.318 bits per heavy atom. The maximum atomic E-state index is 13.3. The van der Waals surface area contributed by atoms with Crippen LogP contribution in [-0.2, 0) is 55.6 Å². The average molecular weight is 1560 g/mol. The van der Waals surface area contributed by atoms with Crippen LogP contribution in [0, 0.1) is 0 Å². The molecule has 4 fully saturated rings. The van der Waals surface area contributed by atoms with Gasteiger partial charge in [0.25, 0.3) is 0 Å². The van der Waals surface area contributed by atoms with Crippen molar-refractivity contribution in [3.63, 3.8) is 0 Å². The molecule has 4 rings (SSSR count). The molecule has 14 N–H and O–H groups in total. The van der Waals surface area contributed by atoms with Crippen LogP contribution in [0.1, 0.15) is 218 Å². The van der Waals surface area contributed by atoms with Crippen molar-refractivity contribution in [1.29, 1.82) is 0 Å². The Hall–Kier alpha value is -3.36. The second kappa shape index (κ2) is 49.3. The zero-order valence-electron chi connectivity index (χ0n) is 65.4. The van der Waals surface area contributed by atoms with E-state index in [1.54, 1.807) is 6.92 Å². The summed E-state index contributed by atoms with van der Waals surface area (Å²) in [6.45, 7) is 23.8. The number of hydrogen-bond acceptors (Lipinski definition) is 24. The molecule has 4 aliphatic heterocycles. The minimum atomic E-state index is -5.81. The molecule has 107 heavy (non-hydrogen) atoms. The van der Waals surface area contributed by atoms with Crippen molar-refractivity contribution in [2.24, 2.45) is 0 Å². The molecular weight excluding hydrogens is 1430 g/mol. The molecule has 614 valence electrons. The van der Waals surface area contributed by atoms with Crippen LogP contribution in [0.3, 0.4) is 0 Å². The monoisotopic (exact) mass is 1560 g/mol. The third kappa shape index (κ3) is 34.9. The normalized spacial score (nSPS) is 32.1. The van der Waals surface area contributed by atoms with Crippen LogP contribution in [-0.4, -0.2) is 220 Å². The quantitative estimate of drug-likeness (QED) is 0.0199. The average Bonchev–Trinajstić information content (AvgIpc) is 0.754. The number of phosphoric acid groups is 2. The van der Waals surface area contributed by atoms with E-state index < -0.39 is 165 Å². The van der Waals surface area contributed by atoms with Crippen LogP contribution in [0.4, 0.5) is 0 Å². The highest BCUT2D eigenvalue weighted by molar-refractivity contribution is 7.61. The molecule has 0 saturated carbocycles. The fourth-order valence-electron chi connectivity index (χ4n) is 12.6. The van der Waals surface area contributed by atoms with Crippen molar-refractivity contribution in [3.8, 4) is 0 Å². The Bertz CT molecular complexity index is 3110. The highest BCUT2D eigenvalue weighted by Crippen LogP contribution is 2.61. The van der Waals surface area contributed by atoms with Gasteiger partial charge in [0.2, 0.25) is 0 Å². The summed E-state index contributed by atoms with van der Waals surface area (Å²) in [4.78, 5) is 21.2. The van der Waals surface area contributed by atoms with E-state index in [4.69, 9.17) is 42.2 Å². The number of aliphatic hydroxyl groups excluding tert-OH is 12. The minimum absolute atomic E-state index is 0.551. The molecule has 0 radical (unpaired) electrons. The topological polar surface area (TPSA) is 410 Å². The zero-order chi connectivity index (χ0) is 79.7. The van der Waals surface area contributed by atoms with Crippen molar-refractivity contribution in [2.75, 3.05) is 26.4 Å². The second-order valence-corrected chi connectivity index (χ2v) is 32.7. The number of aliphatic hydroxyl groups is 12. The van der Waals surface area contributed by atoms with Crippen molar-refractivity contribution in [2.45, 2.75) is 341 Å². The van der Waals surface area contributed by atoms with E-state index in [0.717, 1.165) is 121 Å². The van der Waals surface area contributed by atoms with Crippen molar-refractivity contribution in [3.05, 3.63) is 128 Å². The second-order valence-electron chi connectivity index (χ2n) is 29.7. The summed E-state index contributed by atoms with van der Waals surface area (Å²) >= 11 is 0. The molecule has 0 aromatic rings. The van der Waals surface area contributed by atoms with Gasteiger partial charge in [-0.05, 0) is 218 Å². The number of allylic oxidation sites excluding steroid dienone is 21. The van der Waals surface area contributed by atoms with Crippen molar-refractivity contribution >= 4 is 15.6 Å². The first-order chi connectivity index (χ1) is 50.5. The van der Waals surface area contributed by atoms with Gasteiger partial charge in [-0.2, -0.15) is 4.31 Å². The van der Waals surface area contributed by atoms with Crippen LogP contribution in [0.5, 0.6) is 0 Å². The van der Waals surface area contributed by atoms with E-state index in [2.05, 4.69) is 141 Å². The lowest BCUT2D eigenvalue weighted by atomic mass is 9.96. The number of rotatable bonds is 46. The summed E-state index contributed by atoms with van der Waals surface area (Å²) < 4.78 is 80.3. The first-order valence-electron chi connectivity index (χ1n) is 37.9. The van der Waals surface area contributed by atoms with Gasteiger partial charge in [0.05, 0.1) is 32.5 Å². The molecule has 0 amide bonds. The third-order valence-electron chi connectivity index (χ3n) is 19.6. The van der Waals surface area contributed by atoms with E-state index in [0.29, 0.717) is 12.8 Å². The molecular formula is C79H132O26P2. The van der Waals surface area contributed by atoms with E-state index >= 15 is 0 Å². The van der Waals surface area contributed by atoms with E-state index in [1.807, 2.05) is 0 Å². The zero-order valence-corrected chi connectivity index (χ0v) is 67.2. The smallest absolute Gasteiger partial charge is 0.394 e. The summed E-state index contributed by atoms with van der Waals surface area (Å²) in [5, 5.41) is 129. The largest absolute Gasteiger partial charge is 0.483 e. The number of phosphoric ester groups is 2. The Morgan fingerprint density at radius 2 is 0.607 bits per heavy atom. The fourth-order valence-corrected chi connectivity index (χ4v) is 14.7. The summed E-state index contributed by atoms with van der Waals surface area (Å²) in [7, 11) is -11.3. The molecule has 0 aromatic heterocycles. The van der Waals surface area contributed by atoms with Gasteiger partial charge in [0, 0.05) is 0 Å². The molecule has 4 heterocycles. The molecule has 0 aliphatic carbocycles. The van der Waals surface area contributed by atoms with E-state index in [-0.39, 0.29) is 0 Å². The predicted molar refractivity (Wildman–Crippen MR) is 407 cm³/mol. The Labute approximate surface area is 635 Å². The van der Waals surface area contributed by atoms with Crippen LogP contribution >= 0.6 is 15.6 Å². The maximum Gasteiger partial charge on any atom is 0.483 e. The molecule has 4 saturated heterocycles. The molecule has 0 aromatic carbocycles. The Balaban J connectivity index is 1.16. The minimum Gasteiger partial charge on any atom is -0.394 e. The summed E-state index contributed by atoms with van der Waals surface area (Å²) in [5.41, 5.74) is 14.9. The Kier molecular flexibility index (Phi) is 44.2. The lowest BCUT2D eigenvalue weighted by Gasteiger charge is -2.49. The van der Waals surface area contributed by atoms with Crippen LogP contribution in [0.15, 0.2) is 128 Å². The summed E-state index contributed by atoms with van der Waals surface area (Å²) in [5.74, 6) is 0. The first kappa shape index (κ1) is 96.0. The van der Waals surface area contributed by atoms with Gasteiger partial charge in [-0.25, -0.2) is 9.13 Å². The number of hydrogen-bond donors (Lipinski definition) is 14. The lowest BCUT2D eigenvalue weighted by molar-refractivity contribution is -0.401. The lowest BCUT2D eigenvalue weighted by Crippen LogP contribution is -2.68. The molecule has 28 heteroatoms. The summed E-state index contributed by atoms with van der Waals surface area (Å²) in [6.07, 6.45) is 6.08. The van der Waals surface area contributed by atoms with Gasteiger partial charge >= 0.3 is 15.6 Å². The van der Waals surface area contributed by atoms with Crippen molar-refractivity contribution < 1.29 is 127 Å². The van der Waals surface area contributed by atoms with Gasteiger partial charge in [-0.1, -0.05) is 128 Å². The van der Waals surface area contributed by atoms with Gasteiger partial charge in [-0.3, -0.25) is 9.05 Å². The molecule has 0 bridgehead atoms. The van der Waals surface area contributed by atoms with Crippen LogP contribution < -0.4 is 0 Å². The molecule has 26 nitrogen and oxygen atoms in total. The SMILES string of the molecule is CC(C)=CCC/C(C)=C/CC/C(C)=C/CC/C(C)=C\CC/C(C)=C\CC/C(C)=C\CC/C(C)=C\CC/C(C)=C\CC/C(C)=C\CC/C(C)=C\CC/C(C)=C\COP(=O)(O)OP(=O)(O)O[C@H]1O[C@H](CO)[C@H](O)[C@H](O[C@H]2O[C@H](CO)[C@@H](O)[C@H](O)[C@@H]2O[C@H]2O[C@H](CO)[C@@H](O)[C@H](O)[C@@H]2O[C@@H]2O[C@@H](C)[C@H](O)[C@@H](O)[C@H]2O)[C@H]1O. The third-order valence-corrected chi connectivity index (χ3v) is 22.2. The molecule has 22 atom stereocenters. The number of ether oxygens (including phenoxy) is 7. The predicted octanol–water partition coefficient (Wildman–Crippen LogP) is 10.8. The highest BCUT2D eigenvalue weighted by Gasteiger charge is 2.57. The summed E-state index contributed by atoms with van der Waals surface area (Å²) in [6, 6.07) is 0. The van der Waals surface area contributed by atoms with Gasteiger partial charge < -0.3 is 104 Å². The molecule has 0 spiro atoms.